The third kappa shape index (κ3) is 5.11. The van der Waals surface area contributed by atoms with Gasteiger partial charge in [-0.15, -0.1) is 0 Å². The van der Waals surface area contributed by atoms with Gasteiger partial charge in [0.05, 0.1) is 21.9 Å². The van der Waals surface area contributed by atoms with E-state index in [-0.39, 0.29) is 27.4 Å². The van der Waals surface area contributed by atoms with Crippen molar-refractivity contribution in [3.8, 4) is 0 Å². The molecule has 0 saturated carbocycles. The number of carbonyl (C=O) groups is 1. The summed E-state index contributed by atoms with van der Waals surface area (Å²) in [5.41, 5.74) is 0.0266. The lowest BCUT2D eigenvalue weighted by molar-refractivity contribution is 0.102. The number of sulfone groups is 1. The molecule has 1 atom stereocenters. The zero-order valence-corrected chi connectivity index (χ0v) is 20.2. The molecular formula is C20H25ClN4O5S2. The number of nitrogens with one attached hydrogen (secondary N) is 1. The fourth-order valence-corrected chi connectivity index (χ4v) is 6.17. The molecular weight excluding hydrogens is 476 g/mol. The molecule has 12 heteroatoms. The molecule has 0 radical (unpaired) electrons. The van der Waals surface area contributed by atoms with E-state index in [0.29, 0.717) is 12.2 Å². The number of hydrogen-bond acceptors (Lipinski definition) is 7. The number of carbonyl (C=O) groups excluding carboxylic acids is 1. The standard InChI is InChI=1S/C20H25ClN4O5S2/c1-3-15-7-5-6-12-25(15)32(29,30)16-10-8-14(9-11-16)23-19(26)18-17(21)13-22-20(24-18)31(27,28)4-2/h8-11,13,15H,3-7,12H2,1-2H3,(H,23,26). The predicted octanol–water partition coefficient (Wildman–Crippen LogP) is 3.13. The molecule has 1 aliphatic heterocycles. The lowest BCUT2D eigenvalue weighted by Gasteiger charge is -2.34. The summed E-state index contributed by atoms with van der Waals surface area (Å²) >= 11 is 5.98. The average Bonchev–Trinajstić information content (AvgIpc) is 2.79. The highest BCUT2D eigenvalue weighted by Crippen LogP contribution is 2.27. The molecule has 1 N–H and O–H groups in total. The molecule has 1 aromatic carbocycles. The Bertz CT molecular complexity index is 1200. The Balaban J connectivity index is 1.80. The van der Waals surface area contributed by atoms with E-state index in [2.05, 4.69) is 15.3 Å². The van der Waals surface area contributed by atoms with Gasteiger partial charge < -0.3 is 5.32 Å². The molecule has 0 bridgehead atoms. The number of rotatable bonds is 7. The lowest BCUT2D eigenvalue weighted by atomic mass is 10.0. The fourth-order valence-electron chi connectivity index (χ4n) is 3.52. The molecule has 2 aromatic rings. The first-order chi connectivity index (χ1) is 15.1. The maximum atomic E-state index is 13.1. The number of aromatic nitrogens is 2. The Kier molecular flexibility index (Phi) is 7.53. The molecule has 32 heavy (non-hydrogen) atoms. The molecule has 1 aromatic heterocycles. The predicted molar refractivity (Wildman–Crippen MR) is 121 cm³/mol. The fraction of sp³-hybridized carbons (Fsp3) is 0.450. The molecule has 3 rings (SSSR count). The minimum Gasteiger partial charge on any atom is -0.321 e. The Morgan fingerprint density at radius 3 is 2.47 bits per heavy atom. The van der Waals surface area contributed by atoms with E-state index in [1.165, 1.54) is 31.2 Å². The van der Waals surface area contributed by atoms with E-state index in [1.54, 1.807) is 4.31 Å². The van der Waals surface area contributed by atoms with Crippen molar-refractivity contribution >= 4 is 43.1 Å². The number of halogens is 1. The number of nitrogens with zero attached hydrogens (tertiary/aromatic N) is 3. The molecule has 1 amide bonds. The summed E-state index contributed by atoms with van der Waals surface area (Å²) in [6.45, 7) is 3.91. The van der Waals surface area contributed by atoms with Gasteiger partial charge in [-0.2, -0.15) is 4.31 Å². The zero-order chi connectivity index (χ0) is 23.5. The molecule has 9 nitrogen and oxygen atoms in total. The second-order valence-corrected chi connectivity index (χ2v) is 11.9. The number of amides is 1. The lowest BCUT2D eigenvalue weighted by Crippen LogP contribution is -2.43. The van der Waals surface area contributed by atoms with Crippen molar-refractivity contribution in [1.29, 1.82) is 0 Å². The van der Waals surface area contributed by atoms with Crippen LogP contribution in [0.5, 0.6) is 0 Å². The Labute approximate surface area is 193 Å². The molecule has 2 heterocycles. The molecule has 0 aliphatic carbocycles. The monoisotopic (exact) mass is 500 g/mol. The summed E-state index contributed by atoms with van der Waals surface area (Å²) in [6, 6.07) is 5.78. The topological polar surface area (TPSA) is 126 Å². The summed E-state index contributed by atoms with van der Waals surface area (Å²) in [5.74, 6) is -0.954. The maximum absolute atomic E-state index is 13.1. The summed E-state index contributed by atoms with van der Waals surface area (Å²) in [6.07, 6.45) is 4.51. The molecule has 1 unspecified atom stereocenters. The van der Waals surface area contributed by atoms with E-state index < -0.39 is 30.9 Å². The highest BCUT2D eigenvalue weighted by Gasteiger charge is 2.32. The van der Waals surface area contributed by atoms with Gasteiger partial charge in [0.2, 0.25) is 25.0 Å². The summed E-state index contributed by atoms with van der Waals surface area (Å²) in [7, 11) is -7.36. The quantitative estimate of drug-likeness (QED) is 0.578. The Morgan fingerprint density at radius 1 is 1.16 bits per heavy atom. The van der Waals surface area contributed by atoms with Crippen molar-refractivity contribution in [3.63, 3.8) is 0 Å². The third-order valence-corrected chi connectivity index (χ3v) is 9.11. The normalized spacial score (nSPS) is 17.8. The summed E-state index contributed by atoms with van der Waals surface area (Å²) in [4.78, 5) is 20.2. The molecule has 174 valence electrons. The van der Waals surface area contributed by atoms with Gasteiger partial charge in [0.15, 0.2) is 5.69 Å². The first-order valence-electron chi connectivity index (χ1n) is 10.3. The van der Waals surface area contributed by atoms with Gasteiger partial charge in [-0.25, -0.2) is 26.8 Å². The van der Waals surface area contributed by atoms with Gasteiger partial charge in [-0.3, -0.25) is 4.79 Å². The zero-order valence-electron chi connectivity index (χ0n) is 17.8. The summed E-state index contributed by atoms with van der Waals surface area (Å²) in [5, 5.41) is 1.97. The van der Waals surface area contributed by atoms with Crippen molar-refractivity contribution in [3.05, 3.63) is 41.2 Å². The number of benzene rings is 1. The molecule has 1 aliphatic rings. The Hall–Kier alpha value is -2.08. The van der Waals surface area contributed by atoms with E-state index in [1.807, 2.05) is 6.92 Å². The highest BCUT2D eigenvalue weighted by molar-refractivity contribution is 7.91. The first-order valence-corrected chi connectivity index (χ1v) is 13.8. The second-order valence-electron chi connectivity index (χ2n) is 7.40. The maximum Gasteiger partial charge on any atom is 0.275 e. The van der Waals surface area contributed by atoms with Crippen LogP contribution in [0, 0.1) is 0 Å². The first kappa shape index (κ1) is 24.6. The molecule has 1 saturated heterocycles. The van der Waals surface area contributed by atoms with E-state index in [9.17, 15) is 21.6 Å². The summed E-state index contributed by atoms with van der Waals surface area (Å²) < 4.78 is 51.7. The average molecular weight is 501 g/mol. The van der Waals surface area contributed by atoms with Crippen LogP contribution in [-0.2, 0) is 19.9 Å². The van der Waals surface area contributed by atoms with Gasteiger partial charge in [-0.05, 0) is 43.5 Å². The second kappa shape index (κ2) is 9.82. The third-order valence-electron chi connectivity index (χ3n) is 5.36. The van der Waals surface area contributed by atoms with Crippen LogP contribution in [0.4, 0.5) is 5.69 Å². The smallest absolute Gasteiger partial charge is 0.275 e. The van der Waals surface area contributed by atoms with Gasteiger partial charge in [0, 0.05) is 18.3 Å². The number of piperidine rings is 1. The van der Waals surface area contributed by atoms with Gasteiger partial charge >= 0.3 is 0 Å². The van der Waals surface area contributed by atoms with E-state index in [4.69, 9.17) is 11.6 Å². The minimum absolute atomic E-state index is 0.0124. The van der Waals surface area contributed by atoms with E-state index >= 15 is 0 Å². The van der Waals surface area contributed by atoms with Crippen LogP contribution in [0.15, 0.2) is 40.5 Å². The SMILES string of the molecule is CCC1CCCCN1S(=O)(=O)c1ccc(NC(=O)c2nc(S(=O)(=O)CC)ncc2Cl)cc1. The van der Waals surface area contributed by atoms with E-state index in [0.717, 1.165) is 31.9 Å². The van der Waals surface area contributed by atoms with Crippen LogP contribution in [0.2, 0.25) is 5.02 Å². The van der Waals surface area contributed by atoms with Crippen molar-refractivity contribution in [2.24, 2.45) is 0 Å². The van der Waals surface area contributed by atoms with Crippen LogP contribution in [0.3, 0.4) is 0 Å². The van der Waals surface area contributed by atoms with Gasteiger partial charge in [0.25, 0.3) is 5.91 Å². The molecule has 1 fully saturated rings. The van der Waals surface area contributed by atoms with Crippen LogP contribution in [-0.4, -0.2) is 55.4 Å². The Morgan fingerprint density at radius 2 is 1.84 bits per heavy atom. The van der Waals surface area contributed by atoms with Crippen LogP contribution < -0.4 is 5.32 Å². The van der Waals surface area contributed by atoms with Crippen LogP contribution in [0.25, 0.3) is 0 Å². The van der Waals surface area contributed by atoms with Crippen molar-refractivity contribution in [2.45, 2.75) is 55.6 Å². The van der Waals surface area contributed by atoms with Gasteiger partial charge in [0.1, 0.15) is 0 Å². The van der Waals surface area contributed by atoms with Crippen LogP contribution in [0.1, 0.15) is 50.0 Å². The largest absolute Gasteiger partial charge is 0.321 e. The highest BCUT2D eigenvalue weighted by atomic mass is 35.5. The minimum atomic E-state index is -3.72. The van der Waals surface area contributed by atoms with Gasteiger partial charge in [-0.1, -0.05) is 31.9 Å². The van der Waals surface area contributed by atoms with Crippen LogP contribution >= 0.6 is 11.6 Å². The number of sulfonamides is 1. The van der Waals surface area contributed by atoms with Crippen molar-refractivity contribution in [2.75, 3.05) is 17.6 Å². The number of anilines is 1. The number of hydrogen-bond donors (Lipinski definition) is 1. The van der Waals surface area contributed by atoms with Crippen molar-refractivity contribution < 1.29 is 21.6 Å². The van der Waals surface area contributed by atoms with Crippen molar-refractivity contribution in [1.82, 2.24) is 14.3 Å². The molecule has 0 spiro atoms.